The van der Waals surface area contributed by atoms with Crippen molar-refractivity contribution in [2.75, 3.05) is 19.8 Å². The van der Waals surface area contributed by atoms with Crippen molar-refractivity contribution in [3.8, 4) is 0 Å². The van der Waals surface area contributed by atoms with Gasteiger partial charge in [-0.1, -0.05) is 12.2 Å². The molecule has 1 aliphatic heterocycles. The number of carbonyl (C=O) groups excluding carboxylic acids is 1. The van der Waals surface area contributed by atoms with Crippen LogP contribution in [-0.2, 0) is 9.53 Å². The third kappa shape index (κ3) is 1.80. The molecule has 0 aromatic heterocycles. The van der Waals surface area contributed by atoms with Gasteiger partial charge >= 0.3 is 0 Å². The van der Waals surface area contributed by atoms with Crippen LogP contribution in [0.25, 0.3) is 0 Å². The molecule has 0 aromatic rings. The second kappa shape index (κ2) is 3.53. The predicted molar refractivity (Wildman–Crippen MR) is 42.2 cm³/mol. The Hall–Kier alpha value is -0.830. The number of hydrogen-bond acceptors (Lipinski definition) is 2. The number of amides is 1. The van der Waals surface area contributed by atoms with E-state index in [-0.39, 0.29) is 6.04 Å². The van der Waals surface area contributed by atoms with Crippen LogP contribution in [0.3, 0.4) is 0 Å². The molecule has 1 atom stereocenters. The van der Waals surface area contributed by atoms with E-state index in [0.29, 0.717) is 19.8 Å². The smallest absolute Gasteiger partial charge is 0.210 e. The zero-order valence-corrected chi connectivity index (χ0v) is 6.75. The van der Waals surface area contributed by atoms with Gasteiger partial charge in [-0.2, -0.15) is 0 Å². The van der Waals surface area contributed by atoms with Crippen molar-refractivity contribution in [3.63, 3.8) is 0 Å². The lowest BCUT2D eigenvalue weighted by atomic mass is 10.1. The molecule has 0 N–H and O–H groups in total. The highest BCUT2D eigenvalue weighted by molar-refractivity contribution is 5.49. The van der Waals surface area contributed by atoms with E-state index < -0.39 is 0 Å². The molecule has 1 saturated heterocycles. The van der Waals surface area contributed by atoms with Crippen LogP contribution < -0.4 is 0 Å². The summed E-state index contributed by atoms with van der Waals surface area (Å²) in [6.07, 6.45) is 0.863. The van der Waals surface area contributed by atoms with Crippen LogP contribution in [0.5, 0.6) is 0 Å². The van der Waals surface area contributed by atoms with Gasteiger partial charge < -0.3 is 9.64 Å². The van der Waals surface area contributed by atoms with E-state index in [9.17, 15) is 4.79 Å². The van der Waals surface area contributed by atoms with Crippen molar-refractivity contribution in [1.29, 1.82) is 0 Å². The minimum atomic E-state index is 0.0845. The topological polar surface area (TPSA) is 29.5 Å². The normalized spacial score (nSPS) is 24.8. The fraction of sp³-hybridized carbons (Fsp3) is 0.625. The van der Waals surface area contributed by atoms with Gasteiger partial charge in [-0.05, 0) is 6.92 Å². The third-order valence-corrected chi connectivity index (χ3v) is 1.87. The van der Waals surface area contributed by atoms with Crippen LogP contribution in [0, 0.1) is 0 Å². The van der Waals surface area contributed by atoms with Gasteiger partial charge in [0.1, 0.15) is 0 Å². The van der Waals surface area contributed by atoms with Crippen molar-refractivity contribution < 1.29 is 9.53 Å². The lowest BCUT2D eigenvalue weighted by Gasteiger charge is -2.32. The molecule has 0 saturated carbocycles. The van der Waals surface area contributed by atoms with Gasteiger partial charge in [-0.25, -0.2) is 0 Å². The Kier molecular flexibility index (Phi) is 2.65. The van der Waals surface area contributed by atoms with Crippen LogP contribution in [0.2, 0.25) is 0 Å². The van der Waals surface area contributed by atoms with Crippen LogP contribution in [0.1, 0.15) is 6.92 Å². The molecule has 3 nitrogen and oxygen atoms in total. The highest BCUT2D eigenvalue weighted by Crippen LogP contribution is 2.10. The average molecular weight is 155 g/mol. The lowest BCUT2D eigenvalue weighted by Crippen LogP contribution is -2.44. The maximum Gasteiger partial charge on any atom is 0.210 e. The summed E-state index contributed by atoms with van der Waals surface area (Å²) >= 11 is 0. The Balaban J connectivity index is 2.58. The quantitative estimate of drug-likeness (QED) is 0.427. The van der Waals surface area contributed by atoms with Gasteiger partial charge in [0.2, 0.25) is 6.41 Å². The summed E-state index contributed by atoms with van der Waals surface area (Å²) in [5, 5.41) is 0. The fourth-order valence-corrected chi connectivity index (χ4v) is 1.17. The van der Waals surface area contributed by atoms with E-state index in [4.69, 9.17) is 4.74 Å². The van der Waals surface area contributed by atoms with E-state index in [1.54, 1.807) is 4.90 Å². The van der Waals surface area contributed by atoms with Crippen molar-refractivity contribution in [1.82, 2.24) is 4.90 Å². The monoisotopic (exact) mass is 155 g/mol. The van der Waals surface area contributed by atoms with E-state index in [1.165, 1.54) is 0 Å². The average Bonchev–Trinajstić information content (AvgIpc) is 2.04. The van der Waals surface area contributed by atoms with Gasteiger partial charge in [-0.15, -0.1) is 0 Å². The maximum atomic E-state index is 10.5. The zero-order valence-electron chi connectivity index (χ0n) is 6.75. The Bertz CT molecular complexity index is 167. The summed E-state index contributed by atoms with van der Waals surface area (Å²) < 4.78 is 5.21. The van der Waals surface area contributed by atoms with Crippen molar-refractivity contribution >= 4 is 6.41 Å². The SMILES string of the molecule is C=C(C)[C@H]1COCCN1C=O. The molecule has 1 heterocycles. The standard InChI is InChI=1S/C8H13NO2/c1-7(2)8-5-11-4-3-9(8)6-10/h6,8H,1,3-5H2,2H3/t8-/m1/s1. The Morgan fingerprint density at radius 1 is 1.82 bits per heavy atom. The Morgan fingerprint density at radius 2 is 2.55 bits per heavy atom. The number of ether oxygens (including phenoxy) is 1. The second-order valence-corrected chi connectivity index (χ2v) is 2.78. The van der Waals surface area contributed by atoms with E-state index in [0.717, 1.165) is 12.0 Å². The Morgan fingerprint density at radius 3 is 3.00 bits per heavy atom. The molecule has 0 bridgehead atoms. The fourth-order valence-electron chi connectivity index (χ4n) is 1.17. The number of morpholine rings is 1. The zero-order chi connectivity index (χ0) is 8.27. The summed E-state index contributed by atoms with van der Waals surface area (Å²) in [6.45, 7) is 7.62. The summed E-state index contributed by atoms with van der Waals surface area (Å²) in [5.41, 5.74) is 0.983. The first kappa shape index (κ1) is 8.27. The minimum Gasteiger partial charge on any atom is -0.377 e. The third-order valence-electron chi connectivity index (χ3n) is 1.87. The molecule has 1 fully saturated rings. The van der Waals surface area contributed by atoms with Crippen molar-refractivity contribution in [2.45, 2.75) is 13.0 Å². The molecule has 1 amide bonds. The molecule has 0 aromatic carbocycles. The van der Waals surface area contributed by atoms with E-state index in [1.807, 2.05) is 6.92 Å². The predicted octanol–water partition coefficient (Wildman–Crippen LogP) is 0.420. The van der Waals surface area contributed by atoms with Crippen LogP contribution >= 0.6 is 0 Å². The van der Waals surface area contributed by atoms with Crippen LogP contribution in [0.4, 0.5) is 0 Å². The van der Waals surface area contributed by atoms with E-state index >= 15 is 0 Å². The number of rotatable bonds is 2. The molecular formula is C8H13NO2. The molecule has 11 heavy (non-hydrogen) atoms. The maximum absolute atomic E-state index is 10.5. The van der Waals surface area contributed by atoms with Gasteiger partial charge in [0, 0.05) is 6.54 Å². The summed E-state index contributed by atoms with van der Waals surface area (Å²) in [6, 6.07) is 0.0845. The minimum absolute atomic E-state index is 0.0845. The number of carbonyl (C=O) groups is 1. The molecule has 1 aliphatic rings. The second-order valence-electron chi connectivity index (χ2n) is 2.78. The molecule has 1 rings (SSSR count). The largest absolute Gasteiger partial charge is 0.377 e. The van der Waals surface area contributed by atoms with Crippen molar-refractivity contribution in [3.05, 3.63) is 12.2 Å². The van der Waals surface area contributed by atoms with E-state index in [2.05, 4.69) is 6.58 Å². The molecule has 0 aliphatic carbocycles. The van der Waals surface area contributed by atoms with Gasteiger partial charge in [0.15, 0.2) is 0 Å². The molecular weight excluding hydrogens is 142 g/mol. The van der Waals surface area contributed by atoms with Crippen LogP contribution in [0.15, 0.2) is 12.2 Å². The first-order valence-electron chi connectivity index (χ1n) is 3.70. The molecule has 62 valence electrons. The first-order valence-corrected chi connectivity index (χ1v) is 3.70. The Labute approximate surface area is 66.6 Å². The summed E-state index contributed by atoms with van der Waals surface area (Å²) in [7, 11) is 0. The molecule has 0 unspecified atom stereocenters. The summed E-state index contributed by atoms with van der Waals surface area (Å²) in [5.74, 6) is 0. The molecule has 0 spiro atoms. The highest BCUT2D eigenvalue weighted by atomic mass is 16.5. The van der Waals surface area contributed by atoms with Crippen LogP contribution in [-0.4, -0.2) is 37.1 Å². The van der Waals surface area contributed by atoms with Gasteiger partial charge in [0.25, 0.3) is 0 Å². The molecule has 0 radical (unpaired) electrons. The first-order chi connectivity index (χ1) is 5.25. The number of hydrogen-bond donors (Lipinski definition) is 0. The molecule has 3 heteroatoms. The highest BCUT2D eigenvalue weighted by Gasteiger charge is 2.21. The lowest BCUT2D eigenvalue weighted by molar-refractivity contribution is -0.124. The summed E-state index contributed by atoms with van der Waals surface area (Å²) in [4.78, 5) is 12.2. The van der Waals surface area contributed by atoms with Gasteiger partial charge in [0.05, 0.1) is 19.3 Å². The number of nitrogens with zero attached hydrogens (tertiary/aromatic N) is 1. The van der Waals surface area contributed by atoms with Gasteiger partial charge in [-0.3, -0.25) is 4.79 Å². The van der Waals surface area contributed by atoms with Crippen molar-refractivity contribution in [2.24, 2.45) is 0 Å².